The second-order valence-corrected chi connectivity index (χ2v) is 6.52. The molecule has 0 radical (unpaired) electrons. The van der Waals surface area contributed by atoms with Crippen LogP contribution in [0.4, 0.5) is 0 Å². The normalized spacial score (nSPS) is 14.1. The van der Waals surface area contributed by atoms with Crippen molar-refractivity contribution < 1.29 is 0 Å². The highest BCUT2D eigenvalue weighted by molar-refractivity contribution is 9.09. The minimum absolute atomic E-state index is 0.342. The third kappa shape index (κ3) is 4.57. The summed E-state index contributed by atoms with van der Waals surface area (Å²) in [6.45, 7) is 3.23. The van der Waals surface area contributed by atoms with Gasteiger partial charge in [-0.25, -0.2) is 0 Å². The highest BCUT2D eigenvalue weighted by Crippen LogP contribution is 2.26. The summed E-state index contributed by atoms with van der Waals surface area (Å²) in [5.41, 5.74) is 2.63. The van der Waals surface area contributed by atoms with Gasteiger partial charge in [-0.2, -0.15) is 0 Å². The summed E-state index contributed by atoms with van der Waals surface area (Å²) in [7, 11) is 2.17. The number of likely N-dealkylation sites (N-methyl/N-ethyl adjacent to an activating group) is 1. The Morgan fingerprint density at radius 3 is 2.33 bits per heavy atom. The van der Waals surface area contributed by atoms with Crippen LogP contribution in [0.25, 0.3) is 0 Å². The molecule has 0 heterocycles. The van der Waals surface area contributed by atoms with Gasteiger partial charge in [0.25, 0.3) is 0 Å². The summed E-state index contributed by atoms with van der Waals surface area (Å²) >= 11 is 9.75. The van der Waals surface area contributed by atoms with Crippen molar-refractivity contribution in [3.63, 3.8) is 0 Å². The first-order valence-corrected chi connectivity index (χ1v) is 8.68. The van der Waals surface area contributed by atoms with E-state index in [1.54, 1.807) is 0 Å². The van der Waals surface area contributed by atoms with Crippen molar-refractivity contribution in [2.75, 3.05) is 18.9 Å². The minimum Gasteiger partial charge on any atom is -0.299 e. The average Bonchev–Trinajstić information content (AvgIpc) is 2.52. The van der Waals surface area contributed by atoms with Crippen LogP contribution in [0.2, 0.25) is 5.02 Å². The lowest BCUT2D eigenvalue weighted by Crippen LogP contribution is -2.28. The minimum atomic E-state index is 0.342. The van der Waals surface area contributed by atoms with Gasteiger partial charge in [0.15, 0.2) is 0 Å². The SMILES string of the molecule is CC(c1cccc(Cl)c1)N(C)CC(CBr)c1ccccc1. The molecule has 0 spiro atoms. The van der Waals surface area contributed by atoms with E-state index in [0.29, 0.717) is 12.0 Å². The van der Waals surface area contributed by atoms with E-state index in [1.165, 1.54) is 11.1 Å². The van der Waals surface area contributed by atoms with E-state index in [9.17, 15) is 0 Å². The van der Waals surface area contributed by atoms with E-state index in [0.717, 1.165) is 16.9 Å². The summed E-state index contributed by atoms with van der Waals surface area (Å²) in [4.78, 5) is 2.38. The maximum Gasteiger partial charge on any atom is 0.0409 e. The molecule has 0 amide bonds. The first-order valence-electron chi connectivity index (χ1n) is 7.18. The maximum absolute atomic E-state index is 6.10. The molecule has 2 atom stereocenters. The van der Waals surface area contributed by atoms with Gasteiger partial charge >= 0.3 is 0 Å². The second kappa shape index (κ2) is 7.98. The van der Waals surface area contributed by atoms with Crippen LogP contribution in [0, 0.1) is 0 Å². The topological polar surface area (TPSA) is 3.24 Å². The fourth-order valence-corrected chi connectivity index (χ4v) is 3.27. The van der Waals surface area contributed by atoms with Gasteiger partial charge in [-0.15, -0.1) is 0 Å². The van der Waals surface area contributed by atoms with E-state index in [1.807, 2.05) is 18.2 Å². The average molecular weight is 367 g/mol. The van der Waals surface area contributed by atoms with Crippen LogP contribution >= 0.6 is 27.5 Å². The van der Waals surface area contributed by atoms with Crippen LogP contribution in [0.3, 0.4) is 0 Å². The lowest BCUT2D eigenvalue weighted by Gasteiger charge is -2.29. The molecule has 0 saturated heterocycles. The van der Waals surface area contributed by atoms with E-state index in [4.69, 9.17) is 11.6 Å². The van der Waals surface area contributed by atoms with Gasteiger partial charge in [0.1, 0.15) is 0 Å². The van der Waals surface area contributed by atoms with E-state index >= 15 is 0 Å². The van der Waals surface area contributed by atoms with E-state index in [2.05, 4.69) is 71.2 Å². The molecule has 0 N–H and O–H groups in total. The van der Waals surface area contributed by atoms with Crippen LogP contribution in [-0.4, -0.2) is 23.8 Å². The molecule has 0 saturated carbocycles. The van der Waals surface area contributed by atoms with Gasteiger partial charge in [-0.1, -0.05) is 70.0 Å². The lowest BCUT2D eigenvalue weighted by molar-refractivity contribution is 0.250. The molecule has 2 aromatic rings. The van der Waals surface area contributed by atoms with Crippen molar-refractivity contribution >= 4 is 27.5 Å². The molecule has 2 unspecified atom stereocenters. The van der Waals surface area contributed by atoms with Crippen LogP contribution in [0.1, 0.15) is 30.0 Å². The van der Waals surface area contributed by atoms with Gasteiger partial charge in [0.2, 0.25) is 0 Å². The molecule has 0 fully saturated rings. The number of hydrogen-bond acceptors (Lipinski definition) is 1. The number of halogens is 2. The summed E-state index contributed by atoms with van der Waals surface area (Å²) < 4.78 is 0. The standard InChI is InChI=1S/C18H21BrClN/c1-14(16-9-6-10-18(20)11-16)21(2)13-17(12-19)15-7-4-3-5-8-15/h3-11,14,17H,12-13H2,1-2H3. The summed E-state index contributed by atoms with van der Waals surface area (Å²) in [5, 5.41) is 1.76. The third-order valence-electron chi connectivity index (χ3n) is 3.96. The molecule has 2 rings (SSSR count). The van der Waals surface area contributed by atoms with Crippen LogP contribution in [0.5, 0.6) is 0 Å². The molecule has 112 valence electrons. The summed E-state index contributed by atoms with van der Waals surface area (Å²) in [6, 6.07) is 19.1. The molecule has 1 nitrogen and oxygen atoms in total. The molecule has 0 aliphatic heterocycles. The van der Waals surface area contributed by atoms with Gasteiger partial charge in [-0.05, 0) is 37.2 Å². The molecule has 0 bridgehead atoms. The third-order valence-corrected chi connectivity index (χ3v) is 4.97. The van der Waals surface area contributed by atoms with E-state index < -0.39 is 0 Å². The Balaban J connectivity index is 2.07. The quantitative estimate of drug-likeness (QED) is 0.609. The van der Waals surface area contributed by atoms with Crippen LogP contribution in [0.15, 0.2) is 54.6 Å². The summed E-state index contributed by atoms with van der Waals surface area (Å²) in [5.74, 6) is 0.484. The van der Waals surface area contributed by atoms with E-state index in [-0.39, 0.29) is 0 Å². The zero-order chi connectivity index (χ0) is 15.2. The Morgan fingerprint density at radius 1 is 1.05 bits per heavy atom. The number of benzene rings is 2. The molecule has 21 heavy (non-hydrogen) atoms. The first-order chi connectivity index (χ1) is 10.1. The first kappa shape index (κ1) is 16.5. The molecule has 0 aromatic heterocycles. The maximum atomic E-state index is 6.10. The Bertz CT molecular complexity index is 558. The Kier molecular flexibility index (Phi) is 6.28. The number of rotatable bonds is 6. The second-order valence-electron chi connectivity index (χ2n) is 5.43. The van der Waals surface area contributed by atoms with Crippen molar-refractivity contribution in [2.45, 2.75) is 18.9 Å². The zero-order valence-electron chi connectivity index (χ0n) is 12.5. The molecule has 2 aromatic carbocycles. The van der Waals surface area contributed by atoms with Crippen molar-refractivity contribution in [1.29, 1.82) is 0 Å². The zero-order valence-corrected chi connectivity index (χ0v) is 14.8. The predicted molar refractivity (Wildman–Crippen MR) is 95.5 cm³/mol. The van der Waals surface area contributed by atoms with Crippen molar-refractivity contribution in [3.05, 3.63) is 70.7 Å². The Morgan fingerprint density at radius 2 is 1.71 bits per heavy atom. The highest BCUT2D eigenvalue weighted by Gasteiger charge is 2.17. The Hall–Kier alpha value is -0.830. The molecule has 0 aliphatic carbocycles. The molecular formula is C18H21BrClN. The highest BCUT2D eigenvalue weighted by atomic mass is 79.9. The van der Waals surface area contributed by atoms with Gasteiger partial charge in [0, 0.05) is 28.9 Å². The van der Waals surface area contributed by atoms with Crippen LogP contribution in [-0.2, 0) is 0 Å². The van der Waals surface area contributed by atoms with Crippen LogP contribution < -0.4 is 0 Å². The van der Waals surface area contributed by atoms with Crippen molar-refractivity contribution in [1.82, 2.24) is 4.90 Å². The monoisotopic (exact) mass is 365 g/mol. The van der Waals surface area contributed by atoms with Gasteiger partial charge < -0.3 is 0 Å². The fraction of sp³-hybridized carbons (Fsp3) is 0.333. The molecule has 3 heteroatoms. The number of alkyl halides is 1. The molecule has 0 aliphatic rings. The summed E-state index contributed by atoms with van der Waals surface area (Å²) in [6.07, 6.45) is 0. The Labute approximate surface area is 141 Å². The van der Waals surface area contributed by atoms with Gasteiger partial charge in [0.05, 0.1) is 0 Å². The number of nitrogens with zero attached hydrogens (tertiary/aromatic N) is 1. The lowest BCUT2D eigenvalue weighted by atomic mass is 9.99. The largest absolute Gasteiger partial charge is 0.299 e. The fourth-order valence-electron chi connectivity index (χ4n) is 2.50. The number of hydrogen-bond donors (Lipinski definition) is 0. The predicted octanol–water partition coefficient (Wildman–Crippen LogP) is 5.51. The van der Waals surface area contributed by atoms with Crippen molar-refractivity contribution in [3.8, 4) is 0 Å². The smallest absolute Gasteiger partial charge is 0.0409 e. The van der Waals surface area contributed by atoms with Crippen molar-refractivity contribution in [2.24, 2.45) is 0 Å². The van der Waals surface area contributed by atoms with Gasteiger partial charge in [-0.3, -0.25) is 4.90 Å². The molecular weight excluding hydrogens is 346 g/mol.